The predicted octanol–water partition coefficient (Wildman–Crippen LogP) is 2.07. The molecule has 0 radical (unpaired) electrons. The molecule has 1 aromatic carbocycles. The second kappa shape index (κ2) is 5.75. The van der Waals surface area contributed by atoms with E-state index in [1.165, 1.54) is 0 Å². The molecule has 1 aromatic rings. The fourth-order valence-corrected chi connectivity index (χ4v) is 1.69. The van der Waals surface area contributed by atoms with Gasteiger partial charge in [0.1, 0.15) is 11.5 Å². The summed E-state index contributed by atoms with van der Waals surface area (Å²) in [5, 5.41) is 3.26. The summed E-state index contributed by atoms with van der Waals surface area (Å²) >= 11 is 0. The van der Waals surface area contributed by atoms with Gasteiger partial charge in [-0.2, -0.15) is 0 Å². The minimum absolute atomic E-state index is 0.703. The van der Waals surface area contributed by atoms with Gasteiger partial charge in [0.25, 0.3) is 0 Å². The third kappa shape index (κ3) is 3.14. The standard InChI is InChI=1S/C13H19NO2/c1-2-15-12-3-5-13(6-4-12)16-8-7-11-9-14-10-11/h3-6,11,14H,2,7-10H2,1H3. The van der Waals surface area contributed by atoms with E-state index < -0.39 is 0 Å². The highest BCUT2D eigenvalue weighted by atomic mass is 16.5. The van der Waals surface area contributed by atoms with Crippen LogP contribution >= 0.6 is 0 Å². The van der Waals surface area contributed by atoms with Crippen molar-refractivity contribution in [3.05, 3.63) is 24.3 Å². The van der Waals surface area contributed by atoms with Gasteiger partial charge in [0, 0.05) is 0 Å². The summed E-state index contributed by atoms with van der Waals surface area (Å²) in [7, 11) is 0. The van der Waals surface area contributed by atoms with Gasteiger partial charge in [0.2, 0.25) is 0 Å². The van der Waals surface area contributed by atoms with Crippen molar-refractivity contribution >= 4 is 0 Å². The normalized spacial score (nSPS) is 15.6. The van der Waals surface area contributed by atoms with Crippen LogP contribution in [0.4, 0.5) is 0 Å². The number of hydrogen-bond donors (Lipinski definition) is 1. The second-order valence-electron chi connectivity index (χ2n) is 4.07. The van der Waals surface area contributed by atoms with Gasteiger partial charge in [-0.05, 0) is 56.6 Å². The zero-order chi connectivity index (χ0) is 11.2. The molecule has 0 bridgehead atoms. The molecule has 1 heterocycles. The molecule has 0 unspecified atom stereocenters. The predicted molar refractivity (Wildman–Crippen MR) is 64.1 cm³/mol. The number of benzene rings is 1. The lowest BCUT2D eigenvalue weighted by Gasteiger charge is -2.26. The maximum absolute atomic E-state index is 5.66. The van der Waals surface area contributed by atoms with Crippen molar-refractivity contribution in [1.29, 1.82) is 0 Å². The van der Waals surface area contributed by atoms with Crippen LogP contribution in [0, 0.1) is 5.92 Å². The van der Waals surface area contributed by atoms with Crippen LogP contribution in [0.15, 0.2) is 24.3 Å². The first-order valence-corrected chi connectivity index (χ1v) is 5.95. The molecule has 3 heteroatoms. The zero-order valence-electron chi connectivity index (χ0n) is 9.74. The Kier molecular flexibility index (Phi) is 4.05. The van der Waals surface area contributed by atoms with Crippen molar-refractivity contribution in [3.63, 3.8) is 0 Å². The molecule has 16 heavy (non-hydrogen) atoms. The first kappa shape index (κ1) is 11.3. The molecule has 0 amide bonds. The minimum Gasteiger partial charge on any atom is -0.494 e. The largest absolute Gasteiger partial charge is 0.494 e. The summed E-state index contributed by atoms with van der Waals surface area (Å²) in [5.74, 6) is 2.64. The Bertz CT molecular complexity index is 306. The summed E-state index contributed by atoms with van der Waals surface area (Å²) in [6.45, 7) is 5.78. The first-order chi connectivity index (χ1) is 7.88. The van der Waals surface area contributed by atoms with Crippen molar-refractivity contribution in [2.75, 3.05) is 26.3 Å². The molecule has 1 N–H and O–H groups in total. The molecule has 1 aliphatic rings. The van der Waals surface area contributed by atoms with Gasteiger partial charge < -0.3 is 14.8 Å². The Balaban J connectivity index is 1.71. The van der Waals surface area contributed by atoms with Crippen molar-refractivity contribution in [3.8, 4) is 11.5 Å². The van der Waals surface area contributed by atoms with Crippen molar-refractivity contribution in [2.24, 2.45) is 5.92 Å². The third-order valence-electron chi connectivity index (χ3n) is 2.80. The minimum atomic E-state index is 0.703. The molecule has 88 valence electrons. The van der Waals surface area contributed by atoms with Crippen LogP contribution in [0.2, 0.25) is 0 Å². The molecule has 1 saturated heterocycles. The van der Waals surface area contributed by atoms with Gasteiger partial charge in [-0.1, -0.05) is 0 Å². The summed E-state index contributed by atoms with van der Waals surface area (Å²) in [6.07, 6.45) is 1.14. The monoisotopic (exact) mass is 221 g/mol. The highest BCUT2D eigenvalue weighted by Crippen LogP contribution is 2.18. The second-order valence-corrected chi connectivity index (χ2v) is 4.07. The molecule has 0 aromatic heterocycles. The average molecular weight is 221 g/mol. The lowest BCUT2D eigenvalue weighted by Crippen LogP contribution is -2.42. The SMILES string of the molecule is CCOc1ccc(OCCC2CNC2)cc1. The molecule has 1 aliphatic heterocycles. The smallest absolute Gasteiger partial charge is 0.119 e. The van der Waals surface area contributed by atoms with Crippen molar-refractivity contribution < 1.29 is 9.47 Å². The van der Waals surface area contributed by atoms with Gasteiger partial charge >= 0.3 is 0 Å². The summed E-state index contributed by atoms with van der Waals surface area (Å²) < 4.78 is 11.0. The van der Waals surface area contributed by atoms with E-state index in [9.17, 15) is 0 Å². The van der Waals surface area contributed by atoms with E-state index >= 15 is 0 Å². The quantitative estimate of drug-likeness (QED) is 0.797. The highest BCUT2D eigenvalue weighted by Gasteiger charge is 2.15. The Morgan fingerprint density at radius 1 is 1.12 bits per heavy atom. The Labute approximate surface area is 96.8 Å². The van der Waals surface area contributed by atoms with Crippen molar-refractivity contribution in [1.82, 2.24) is 5.32 Å². The van der Waals surface area contributed by atoms with Crippen LogP contribution < -0.4 is 14.8 Å². The van der Waals surface area contributed by atoms with Crippen LogP contribution in [0.3, 0.4) is 0 Å². The maximum atomic E-state index is 5.66. The topological polar surface area (TPSA) is 30.5 Å². The van der Waals surface area contributed by atoms with Gasteiger partial charge in [-0.3, -0.25) is 0 Å². The summed E-state index contributed by atoms with van der Waals surface area (Å²) in [4.78, 5) is 0. The lowest BCUT2D eigenvalue weighted by atomic mass is 10.0. The van der Waals surface area contributed by atoms with E-state index in [2.05, 4.69) is 5.32 Å². The molecule has 3 nitrogen and oxygen atoms in total. The maximum Gasteiger partial charge on any atom is 0.119 e. The first-order valence-electron chi connectivity index (χ1n) is 5.95. The number of rotatable bonds is 6. The molecule has 1 fully saturated rings. The molecular weight excluding hydrogens is 202 g/mol. The molecule has 0 saturated carbocycles. The molecule has 0 atom stereocenters. The average Bonchev–Trinajstić information content (AvgIpc) is 2.24. The third-order valence-corrected chi connectivity index (χ3v) is 2.80. The Morgan fingerprint density at radius 2 is 1.75 bits per heavy atom. The Morgan fingerprint density at radius 3 is 2.25 bits per heavy atom. The number of nitrogens with one attached hydrogen (secondary N) is 1. The van der Waals surface area contributed by atoms with Gasteiger partial charge in [-0.25, -0.2) is 0 Å². The molecule has 2 rings (SSSR count). The van der Waals surface area contributed by atoms with Crippen LogP contribution in [0.5, 0.6) is 11.5 Å². The van der Waals surface area contributed by atoms with Gasteiger partial charge in [0.15, 0.2) is 0 Å². The van der Waals surface area contributed by atoms with Crippen LogP contribution in [-0.2, 0) is 0 Å². The van der Waals surface area contributed by atoms with Crippen molar-refractivity contribution in [2.45, 2.75) is 13.3 Å². The fraction of sp³-hybridized carbons (Fsp3) is 0.538. The van der Waals surface area contributed by atoms with E-state index in [4.69, 9.17) is 9.47 Å². The molecule has 0 aliphatic carbocycles. The van der Waals surface area contributed by atoms with Crippen LogP contribution in [-0.4, -0.2) is 26.3 Å². The Hall–Kier alpha value is -1.22. The number of ether oxygens (including phenoxy) is 2. The van der Waals surface area contributed by atoms with Gasteiger partial charge in [0.05, 0.1) is 13.2 Å². The summed E-state index contributed by atoms with van der Waals surface area (Å²) in [5.41, 5.74) is 0. The molecular formula is C13H19NO2. The highest BCUT2D eigenvalue weighted by molar-refractivity contribution is 5.31. The van der Waals surface area contributed by atoms with E-state index in [0.717, 1.165) is 43.5 Å². The zero-order valence-corrected chi connectivity index (χ0v) is 9.74. The fourth-order valence-electron chi connectivity index (χ4n) is 1.69. The van der Waals surface area contributed by atoms with Crippen LogP contribution in [0.1, 0.15) is 13.3 Å². The molecule has 0 spiro atoms. The lowest BCUT2D eigenvalue weighted by molar-refractivity contribution is 0.238. The van der Waals surface area contributed by atoms with E-state index in [-0.39, 0.29) is 0 Å². The van der Waals surface area contributed by atoms with E-state index in [1.54, 1.807) is 0 Å². The summed E-state index contributed by atoms with van der Waals surface area (Å²) in [6, 6.07) is 7.82. The van der Waals surface area contributed by atoms with E-state index in [1.807, 2.05) is 31.2 Å². The van der Waals surface area contributed by atoms with Crippen LogP contribution in [0.25, 0.3) is 0 Å². The number of hydrogen-bond acceptors (Lipinski definition) is 3. The van der Waals surface area contributed by atoms with E-state index in [0.29, 0.717) is 6.61 Å². The van der Waals surface area contributed by atoms with Gasteiger partial charge in [-0.15, -0.1) is 0 Å².